The molecule has 1 N–H and O–H groups in total. The number of benzene rings is 2. The van der Waals surface area contributed by atoms with E-state index in [1.807, 2.05) is 60.8 Å². The molecule has 0 spiro atoms. The highest BCUT2D eigenvalue weighted by Gasteiger charge is 2.16. The third-order valence-electron chi connectivity index (χ3n) is 6.55. The van der Waals surface area contributed by atoms with Gasteiger partial charge in [0.25, 0.3) is 0 Å². The maximum Gasteiger partial charge on any atom is 0.130 e. The Kier molecular flexibility index (Phi) is 7.38. The lowest BCUT2D eigenvalue weighted by molar-refractivity contribution is 0.312. The molecule has 0 saturated carbocycles. The lowest BCUT2D eigenvalue weighted by Gasteiger charge is -2.33. The van der Waals surface area contributed by atoms with E-state index in [1.165, 1.54) is 0 Å². The number of hydrogen-bond donors (Lipinski definition) is 1. The second-order valence-corrected chi connectivity index (χ2v) is 9.22. The first-order chi connectivity index (χ1) is 17.7. The number of nitrogens with one attached hydrogen (secondary N) is 1. The number of hydrogen-bond acceptors (Lipinski definition) is 7. The normalized spacial score (nSPS) is 14.9. The van der Waals surface area contributed by atoms with Crippen LogP contribution in [-0.2, 0) is 0 Å². The minimum atomic E-state index is 0.216. The lowest BCUT2D eigenvalue weighted by Crippen LogP contribution is -2.44. The fourth-order valence-corrected chi connectivity index (χ4v) is 4.34. The molecule has 1 unspecified atom stereocenters. The van der Waals surface area contributed by atoms with Crippen molar-refractivity contribution in [3.63, 3.8) is 0 Å². The maximum atomic E-state index is 6.15. The number of piperazine rings is 1. The highest BCUT2D eigenvalue weighted by atomic mass is 16.5. The smallest absolute Gasteiger partial charge is 0.130 e. The molecule has 0 amide bonds. The summed E-state index contributed by atoms with van der Waals surface area (Å²) in [5, 5.41) is 3.47. The quantitative estimate of drug-likeness (QED) is 0.367. The van der Waals surface area contributed by atoms with Gasteiger partial charge in [-0.3, -0.25) is 0 Å². The molecule has 3 heterocycles. The van der Waals surface area contributed by atoms with Gasteiger partial charge in [-0.1, -0.05) is 43.3 Å². The maximum absolute atomic E-state index is 6.15. The van der Waals surface area contributed by atoms with Gasteiger partial charge in [0.15, 0.2) is 0 Å². The van der Waals surface area contributed by atoms with Crippen LogP contribution in [0.1, 0.15) is 18.4 Å². The Hall–Kier alpha value is -3.97. The van der Waals surface area contributed by atoms with Crippen molar-refractivity contribution in [1.82, 2.24) is 19.9 Å². The molecule has 36 heavy (non-hydrogen) atoms. The monoisotopic (exact) mass is 480 g/mol. The Bertz CT molecular complexity index is 1260. The van der Waals surface area contributed by atoms with Crippen LogP contribution in [0.2, 0.25) is 0 Å². The van der Waals surface area contributed by atoms with Crippen LogP contribution in [0.5, 0.6) is 11.5 Å². The molecule has 0 radical (unpaired) electrons. The van der Waals surface area contributed by atoms with Crippen molar-refractivity contribution in [2.45, 2.75) is 12.8 Å². The van der Waals surface area contributed by atoms with Gasteiger partial charge in [0.05, 0.1) is 5.69 Å². The van der Waals surface area contributed by atoms with Gasteiger partial charge >= 0.3 is 0 Å². The number of para-hydroxylation sites is 2. The second-order valence-electron chi connectivity index (χ2n) is 9.22. The zero-order valence-corrected chi connectivity index (χ0v) is 20.8. The molecule has 1 aliphatic rings. The van der Waals surface area contributed by atoms with E-state index in [2.05, 4.69) is 57.3 Å². The first-order valence-corrected chi connectivity index (χ1v) is 12.4. The van der Waals surface area contributed by atoms with E-state index in [0.29, 0.717) is 6.54 Å². The highest BCUT2D eigenvalue weighted by Crippen LogP contribution is 2.31. The molecule has 1 saturated heterocycles. The molecule has 0 aliphatic carbocycles. The Morgan fingerprint density at radius 2 is 1.67 bits per heavy atom. The van der Waals surface area contributed by atoms with Crippen molar-refractivity contribution in [3.05, 3.63) is 90.9 Å². The molecule has 7 nitrogen and oxygen atoms in total. The van der Waals surface area contributed by atoms with Gasteiger partial charge < -0.3 is 19.9 Å². The molecule has 0 bridgehead atoms. The number of pyridine rings is 1. The van der Waals surface area contributed by atoms with Crippen molar-refractivity contribution in [1.29, 1.82) is 0 Å². The number of ether oxygens (including phenoxy) is 1. The van der Waals surface area contributed by atoms with E-state index >= 15 is 0 Å². The number of anilines is 2. The number of aromatic nitrogens is 3. The fraction of sp³-hybridized carbons (Fsp3) is 0.276. The Labute approximate surface area is 212 Å². The summed E-state index contributed by atoms with van der Waals surface area (Å²) >= 11 is 0. The average molecular weight is 481 g/mol. The van der Waals surface area contributed by atoms with Gasteiger partial charge in [0, 0.05) is 56.5 Å². The largest absolute Gasteiger partial charge is 0.457 e. The summed E-state index contributed by atoms with van der Waals surface area (Å²) in [7, 11) is 2.16. The summed E-state index contributed by atoms with van der Waals surface area (Å²) in [6, 6.07) is 24.2. The van der Waals surface area contributed by atoms with E-state index in [-0.39, 0.29) is 5.92 Å². The SMILES string of the molecule is CC(CNc1cc(-c2ccc(N3CCN(C)CC3)nc2)ncn1)c1ccccc1Oc1ccccc1. The summed E-state index contributed by atoms with van der Waals surface area (Å²) < 4.78 is 6.15. The Balaban J connectivity index is 1.23. The van der Waals surface area contributed by atoms with Crippen LogP contribution in [0, 0.1) is 0 Å². The van der Waals surface area contributed by atoms with Crippen molar-refractivity contribution in [2.24, 2.45) is 0 Å². The topological polar surface area (TPSA) is 66.4 Å². The van der Waals surface area contributed by atoms with Crippen LogP contribution >= 0.6 is 0 Å². The van der Waals surface area contributed by atoms with E-state index in [1.54, 1.807) is 6.33 Å². The molecule has 4 aromatic rings. The molecule has 7 heteroatoms. The minimum absolute atomic E-state index is 0.216. The van der Waals surface area contributed by atoms with Crippen LogP contribution in [0.15, 0.2) is 85.3 Å². The van der Waals surface area contributed by atoms with Crippen molar-refractivity contribution >= 4 is 11.6 Å². The molecular formula is C29H32N6O. The summed E-state index contributed by atoms with van der Waals surface area (Å²) in [6.45, 7) is 7.02. The highest BCUT2D eigenvalue weighted by molar-refractivity contribution is 5.63. The van der Waals surface area contributed by atoms with Crippen LogP contribution in [-0.4, -0.2) is 59.6 Å². The van der Waals surface area contributed by atoms with Crippen molar-refractivity contribution in [3.8, 4) is 22.8 Å². The van der Waals surface area contributed by atoms with E-state index in [4.69, 9.17) is 9.72 Å². The summed E-state index contributed by atoms with van der Waals surface area (Å²) in [6.07, 6.45) is 3.50. The molecule has 184 valence electrons. The predicted octanol–water partition coefficient (Wildman–Crippen LogP) is 5.30. The van der Waals surface area contributed by atoms with Gasteiger partial charge in [-0.25, -0.2) is 15.0 Å². The van der Waals surface area contributed by atoms with E-state index < -0.39 is 0 Å². The number of rotatable bonds is 8. The van der Waals surface area contributed by atoms with Gasteiger partial charge in [-0.2, -0.15) is 0 Å². The van der Waals surface area contributed by atoms with Gasteiger partial charge in [0.2, 0.25) is 0 Å². The van der Waals surface area contributed by atoms with Crippen LogP contribution in [0.4, 0.5) is 11.6 Å². The third kappa shape index (κ3) is 5.80. The zero-order valence-electron chi connectivity index (χ0n) is 20.8. The van der Waals surface area contributed by atoms with E-state index in [9.17, 15) is 0 Å². The number of nitrogens with zero attached hydrogens (tertiary/aromatic N) is 5. The standard InChI is InChI=1S/C29H32N6O/c1-22(25-10-6-7-11-27(25)36-24-8-4-3-5-9-24)19-30-28-18-26(32-21-33-28)23-12-13-29(31-20-23)35-16-14-34(2)15-17-35/h3-13,18,20-22H,14-17,19H2,1-2H3,(H,30,32,33). The molecule has 2 aromatic heterocycles. The van der Waals surface area contributed by atoms with Crippen LogP contribution in [0.25, 0.3) is 11.3 Å². The Morgan fingerprint density at radius 3 is 2.44 bits per heavy atom. The molecule has 1 aliphatic heterocycles. The summed E-state index contributed by atoms with van der Waals surface area (Å²) in [5.74, 6) is 3.72. The third-order valence-corrected chi connectivity index (χ3v) is 6.55. The molecule has 1 fully saturated rings. The predicted molar refractivity (Wildman–Crippen MR) is 145 cm³/mol. The van der Waals surface area contributed by atoms with Crippen LogP contribution in [0.3, 0.4) is 0 Å². The second kappa shape index (κ2) is 11.2. The first-order valence-electron chi connectivity index (χ1n) is 12.4. The van der Waals surface area contributed by atoms with Crippen molar-refractivity contribution in [2.75, 3.05) is 50.0 Å². The fourth-order valence-electron chi connectivity index (χ4n) is 4.34. The lowest BCUT2D eigenvalue weighted by atomic mass is 10.00. The van der Waals surface area contributed by atoms with E-state index in [0.717, 1.165) is 66.1 Å². The molecule has 2 aromatic carbocycles. The molecule has 5 rings (SSSR count). The zero-order chi connectivity index (χ0) is 24.7. The summed E-state index contributed by atoms with van der Waals surface area (Å²) in [5.41, 5.74) is 2.98. The Morgan fingerprint density at radius 1 is 0.889 bits per heavy atom. The first kappa shape index (κ1) is 23.8. The van der Waals surface area contributed by atoms with Gasteiger partial charge in [-0.15, -0.1) is 0 Å². The van der Waals surface area contributed by atoms with Crippen molar-refractivity contribution < 1.29 is 4.74 Å². The van der Waals surface area contributed by atoms with Crippen LogP contribution < -0.4 is 15.0 Å². The molecular weight excluding hydrogens is 448 g/mol. The molecule has 1 atom stereocenters. The van der Waals surface area contributed by atoms with Gasteiger partial charge in [-0.05, 0) is 42.9 Å². The average Bonchev–Trinajstić information content (AvgIpc) is 2.93. The van der Waals surface area contributed by atoms with Gasteiger partial charge in [0.1, 0.15) is 29.5 Å². The number of likely N-dealkylation sites (N-methyl/N-ethyl adjacent to an activating group) is 1. The summed E-state index contributed by atoms with van der Waals surface area (Å²) in [4.78, 5) is 18.3. The minimum Gasteiger partial charge on any atom is -0.457 e.